The van der Waals surface area contributed by atoms with E-state index in [4.69, 9.17) is 11.6 Å². The second-order valence-electron chi connectivity index (χ2n) is 5.49. The number of nitrogens with zero attached hydrogens (tertiary/aromatic N) is 2. The van der Waals surface area contributed by atoms with Gasteiger partial charge in [-0.2, -0.15) is 0 Å². The van der Waals surface area contributed by atoms with Crippen molar-refractivity contribution in [3.05, 3.63) is 58.9 Å². The van der Waals surface area contributed by atoms with Crippen molar-refractivity contribution in [1.82, 2.24) is 9.55 Å². The van der Waals surface area contributed by atoms with Gasteiger partial charge in [-0.15, -0.1) is 0 Å². The molecule has 2 aromatic carbocycles. The molecule has 0 unspecified atom stereocenters. The molecule has 0 saturated carbocycles. The second kappa shape index (κ2) is 6.42. The number of carbonyl (C=O) groups excluding carboxylic acids is 1. The standard InChI is InChI=1S/C18H18ClN3O/c1-3-17-20-15-6-4-5-7-16(15)22(17)11-18(23)21-14-9-8-12(2)10-13(14)19/h4-10H,3,11H2,1-2H3,(H,21,23). The summed E-state index contributed by atoms with van der Waals surface area (Å²) in [4.78, 5) is 17.0. The van der Waals surface area contributed by atoms with Crippen LogP contribution in [0.15, 0.2) is 42.5 Å². The minimum Gasteiger partial charge on any atom is -0.323 e. The Bertz CT molecular complexity index is 870. The number of halogens is 1. The first-order chi connectivity index (χ1) is 11.1. The Labute approximate surface area is 140 Å². The van der Waals surface area contributed by atoms with Gasteiger partial charge in [0.1, 0.15) is 12.4 Å². The molecule has 0 saturated heterocycles. The highest BCUT2D eigenvalue weighted by molar-refractivity contribution is 6.33. The monoisotopic (exact) mass is 327 g/mol. The van der Waals surface area contributed by atoms with Gasteiger partial charge in [0.05, 0.1) is 21.7 Å². The van der Waals surface area contributed by atoms with Crippen molar-refractivity contribution < 1.29 is 4.79 Å². The van der Waals surface area contributed by atoms with Gasteiger partial charge in [-0.3, -0.25) is 4.79 Å². The van der Waals surface area contributed by atoms with Crippen LogP contribution in [0.25, 0.3) is 11.0 Å². The molecule has 0 aliphatic carbocycles. The zero-order chi connectivity index (χ0) is 16.4. The van der Waals surface area contributed by atoms with Crippen molar-refractivity contribution in [1.29, 1.82) is 0 Å². The number of imidazole rings is 1. The summed E-state index contributed by atoms with van der Waals surface area (Å²) in [5, 5.41) is 3.42. The molecule has 1 aromatic heterocycles. The molecule has 0 spiro atoms. The van der Waals surface area contributed by atoms with Gasteiger partial charge in [-0.05, 0) is 36.8 Å². The van der Waals surface area contributed by atoms with Gasteiger partial charge in [-0.1, -0.05) is 36.7 Å². The number of para-hydroxylation sites is 2. The van der Waals surface area contributed by atoms with Crippen LogP contribution in [0.5, 0.6) is 0 Å². The predicted molar refractivity (Wildman–Crippen MR) is 93.9 cm³/mol. The number of fused-ring (bicyclic) bond motifs is 1. The average Bonchev–Trinajstić information content (AvgIpc) is 2.88. The maximum absolute atomic E-state index is 12.4. The predicted octanol–water partition coefficient (Wildman–Crippen LogP) is 4.20. The molecule has 0 bridgehead atoms. The maximum atomic E-state index is 12.4. The number of rotatable bonds is 4. The van der Waals surface area contributed by atoms with Gasteiger partial charge >= 0.3 is 0 Å². The molecular formula is C18H18ClN3O. The molecule has 4 nitrogen and oxygen atoms in total. The third kappa shape index (κ3) is 3.22. The number of aryl methyl sites for hydroxylation is 2. The quantitative estimate of drug-likeness (QED) is 0.780. The van der Waals surface area contributed by atoms with Crippen LogP contribution in [0.4, 0.5) is 5.69 Å². The number of nitrogens with one attached hydrogen (secondary N) is 1. The molecule has 1 N–H and O–H groups in total. The number of aromatic nitrogens is 2. The van der Waals surface area contributed by atoms with E-state index in [9.17, 15) is 4.79 Å². The van der Waals surface area contributed by atoms with Crippen LogP contribution in [0.2, 0.25) is 5.02 Å². The van der Waals surface area contributed by atoms with E-state index in [0.29, 0.717) is 10.7 Å². The van der Waals surface area contributed by atoms with Crippen LogP contribution in [0.3, 0.4) is 0 Å². The molecule has 3 aromatic rings. The van der Waals surface area contributed by atoms with Crippen LogP contribution in [-0.4, -0.2) is 15.5 Å². The first-order valence-corrected chi connectivity index (χ1v) is 7.96. The first-order valence-electron chi connectivity index (χ1n) is 7.58. The van der Waals surface area contributed by atoms with E-state index in [-0.39, 0.29) is 12.5 Å². The molecule has 1 heterocycles. The van der Waals surface area contributed by atoms with Gasteiger partial charge < -0.3 is 9.88 Å². The Balaban J connectivity index is 1.85. The van der Waals surface area contributed by atoms with Crippen molar-refractivity contribution in [3.63, 3.8) is 0 Å². The average molecular weight is 328 g/mol. The van der Waals surface area contributed by atoms with Gasteiger partial charge in [0.25, 0.3) is 0 Å². The Morgan fingerprint density at radius 2 is 2.04 bits per heavy atom. The normalized spacial score (nSPS) is 10.9. The summed E-state index contributed by atoms with van der Waals surface area (Å²) in [5.74, 6) is 0.782. The van der Waals surface area contributed by atoms with E-state index in [1.165, 1.54) is 0 Å². The lowest BCUT2D eigenvalue weighted by Crippen LogP contribution is -2.20. The highest BCUT2D eigenvalue weighted by atomic mass is 35.5. The zero-order valence-corrected chi connectivity index (χ0v) is 13.9. The molecule has 5 heteroatoms. The first kappa shape index (κ1) is 15.6. The Hall–Kier alpha value is -2.33. The molecule has 23 heavy (non-hydrogen) atoms. The maximum Gasteiger partial charge on any atom is 0.244 e. The fraction of sp³-hybridized carbons (Fsp3) is 0.222. The summed E-state index contributed by atoms with van der Waals surface area (Å²) >= 11 is 6.18. The number of carbonyl (C=O) groups is 1. The van der Waals surface area contributed by atoms with Crippen molar-refractivity contribution in [2.24, 2.45) is 0 Å². The fourth-order valence-corrected chi connectivity index (χ4v) is 2.91. The van der Waals surface area contributed by atoms with Gasteiger partial charge in [0.2, 0.25) is 5.91 Å². The van der Waals surface area contributed by atoms with Crippen LogP contribution >= 0.6 is 11.6 Å². The smallest absolute Gasteiger partial charge is 0.244 e. The highest BCUT2D eigenvalue weighted by Gasteiger charge is 2.13. The fourth-order valence-electron chi connectivity index (χ4n) is 2.63. The molecule has 0 aliphatic rings. The van der Waals surface area contributed by atoms with Crippen LogP contribution < -0.4 is 5.32 Å². The molecular weight excluding hydrogens is 310 g/mol. The van der Waals surface area contributed by atoms with E-state index in [1.807, 2.05) is 60.9 Å². The third-order valence-electron chi connectivity index (χ3n) is 3.75. The van der Waals surface area contributed by atoms with E-state index < -0.39 is 0 Å². The summed E-state index contributed by atoms with van der Waals surface area (Å²) in [6, 6.07) is 13.4. The molecule has 0 aliphatic heterocycles. The van der Waals surface area contributed by atoms with E-state index in [2.05, 4.69) is 10.3 Å². The van der Waals surface area contributed by atoms with E-state index in [1.54, 1.807) is 0 Å². The minimum atomic E-state index is -0.117. The van der Waals surface area contributed by atoms with Crippen LogP contribution in [-0.2, 0) is 17.8 Å². The molecule has 1 amide bonds. The summed E-state index contributed by atoms with van der Waals surface area (Å²) in [7, 11) is 0. The highest BCUT2D eigenvalue weighted by Crippen LogP contribution is 2.23. The SMILES string of the molecule is CCc1nc2ccccc2n1CC(=O)Nc1ccc(C)cc1Cl. The van der Waals surface area contributed by atoms with Gasteiger partial charge in [-0.25, -0.2) is 4.98 Å². The Morgan fingerprint density at radius 3 is 2.78 bits per heavy atom. The van der Waals surface area contributed by atoms with Crippen molar-refractivity contribution in [2.75, 3.05) is 5.32 Å². The van der Waals surface area contributed by atoms with Crippen LogP contribution in [0.1, 0.15) is 18.3 Å². The number of hydrogen-bond donors (Lipinski definition) is 1. The Kier molecular flexibility index (Phi) is 4.35. The van der Waals surface area contributed by atoms with Gasteiger partial charge in [0.15, 0.2) is 0 Å². The lowest BCUT2D eigenvalue weighted by molar-refractivity contribution is -0.116. The summed E-state index contributed by atoms with van der Waals surface area (Å²) < 4.78 is 1.95. The summed E-state index contributed by atoms with van der Waals surface area (Å²) in [6.07, 6.45) is 0.771. The lowest BCUT2D eigenvalue weighted by Gasteiger charge is -2.10. The molecule has 0 atom stereocenters. The number of amides is 1. The number of anilines is 1. The zero-order valence-electron chi connectivity index (χ0n) is 13.1. The Morgan fingerprint density at radius 1 is 1.26 bits per heavy atom. The largest absolute Gasteiger partial charge is 0.323 e. The molecule has 118 valence electrons. The summed E-state index contributed by atoms with van der Waals surface area (Å²) in [6.45, 7) is 4.21. The second-order valence-corrected chi connectivity index (χ2v) is 5.90. The molecule has 3 rings (SSSR count). The van der Waals surface area contributed by atoms with Gasteiger partial charge in [0, 0.05) is 6.42 Å². The topological polar surface area (TPSA) is 46.9 Å². The summed E-state index contributed by atoms with van der Waals surface area (Å²) in [5.41, 5.74) is 3.56. The number of benzene rings is 2. The van der Waals surface area contributed by atoms with Crippen molar-refractivity contribution >= 4 is 34.2 Å². The number of hydrogen-bond acceptors (Lipinski definition) is 2. The third-order valence-corrected chi connectivity index (χ3v) is 4.06. The molecule has 0 fully saturated rings. The minimum absolute atomic E-state index is 0.117. The van der Waals surface area contributed by atoms with Crippen molar-refractivity contribution in [2.45, 2.75) is 26.8 Å². The van der Waals surface area contributed by atoms with Crippen molar-refractivity contribution in [3.8, 4) is 0 Å². The lowest BCUT2D eigenvalue weighted by atomic mass is 10.2. The molecule has 0 radical (unpaired) electrons. The van der Waals surface area contributed by atoms with E-state index in [0.717, 1.165) is 28.8 Å². The van der Waals surface area contributed by atoms with Crippen LogP contribution in [0, 0.1) is 6.92 Å². The van der Waals surface area contributed by atoms with E-state index >= 15 is 0 Å².